The number of hydrogen-bond acceptors (Lipinski definition) is 4. The van der Waals surface area contributed by atoms with Gasteiger partial charge in [-0.3, -0.25) is 9.78 Å². The van der Waals surface area contributed by atoms with Crippen LogP contribution in [0.2, 0.25) is 5.02 Å². The molecule has 1 aliphatic rings. The topological polar surface area (TPSA) is 67.3 Å². The predicted octanol–water partition coefficient (Wildman–Crippen LogP) is 1.66. The van der Waals surface area contributed by atoms with Crippen LogP contribution in [0.15, 0.2) is 18.5 Å². The Kier molecular flexibility index (Phi) is 3.79. The Morgan fingerprint density at radius 3 is 2.83 bits per heavy atom. The molecule has 1 amide bonds. The average Bonchev–Trinajstić information content (AvgIpc) is 2.57. The fraction of sp³-hybridized carbons (Fsp3) is 0.400. The lowest BCUT2D eigenvalue weighted by Crippen LogP contribution is -2.25. The molecule has 1 atom stereocenters. The van der Waals surface area contributed by atoms with E-state index in [2.05, 4.69) is 4.98 Å². The number of anilines is 1. The molecule has 98 valence electrons. The van der Waals surface area contributed by atoms with Crippen LogP contribution >= 0.6 is 22.3 Å². The van der Waals surface area contributed by atoms with E-state index in [1.165, 1.54) is 17.3 Å². The van der Waals surface area contributed by atoms with Gasteiger partial charge in [-0.05, 0) is 6.07 Å². The second kappa shape index (κ2) is 5.03. The van der Waals surface area contributed by atoms with Gasteiger partial charge in [0.15, 0.2) is 0 Å². The van der Waals surface area contributed by atoms with Gasteiger partial charge < -0.3 is 4.90 Å². The minimum absolute atomic E-state index is 0.150. The molecule has 1 aromatic heterocycles. The number of aromatic nitrogens is 1. The van der Waals surface area contributed by atoms with E-state index in [1.54, 1.807) is 6.07 Å². The van der Waals surface area contributed by atoms with Gasteiger partial charge in [0.1, 0.15) is 0 Å². The summed E-state index contributed by atoms with van der Waals surface area (Å²) in [5.74, 6) is -0.694. The lowest BCUT2D eigenvalue weighted by Gasteiger charge is -2.17. The van der Waals surface area contributed by atoms with E-state index >= 15 is 0 Å². The highest BCUT2D eigenvalue weighted by atomic mass is 35.7. The number of carbonyl (C=O) groups excluding carboxylic acids is 1. The van der Waals surface area contributed by atoms with Crippen LogP contribution in [0.4, 0.5) is 5.69 Å². The second-order valence-corrected chi connectivity index (χ2v) is 7.34. The van der Waals surface area contributed by atoms with Gasteiger partial charge in [-0.25, -0.2) is 8.42 Å². The van der Waals surface area contributed by atoms with Gasteiger partial charge in [0.05, 0.1) is 22.7 Å². The van der Waals surface area contributed by atoms with Crippen molar-refractivity contribution in [2.45, 2.75) is 6.42 Å². The summed E-state index contributed by atoms with van der Waals surface area (Å²) in [4.78, 5) is 17.2. The van der Waals surface area contributed by atoms with E-state index in [0.29, 0.717) is 10.7 Å². The number of pyridine rings is 1. The first-order chi connectivity index (χ1) is 8.37. The number of hydrogen-bond donors (Lipinski definition) is 0. The van der Waals surface area contributed by atoms with Crippen LogP contribution in [-0.4, -0.2) is 31.6 Å². The highest BCUT2D eigenvalue weighted by Crippen LogP contribution is 2.30. The van der Waals surface area contributed by atoms with Gasteiger partial charge in [0.2, 0.25) is 15.0 Å². The lowest BCUT2D eigenvalue weighted by atomic mass is 10.1. The number of halogens is 2. The van der Waals surface area contributed by atoms with Crippen LogP contribution < -0.4 is 4.90 Å². The number of carbonyl (C=O) groups is 1. The Hall–Kier alpha value is -0.850. The van der Waals surface area contributed by atoms with E-state index in [0.717, 1.165) is 0 Å². The summed E-state index contributed by atoms with van der Waals surface area (Å²) in [6.07, 6.45) is 3.15. The second-order valence-electron chi connectivity index (χ2n) is 4.11. The van der Waals surface area contributed by atoms with Crippen molar-refractivity contribution in [2.24, 2.45) is 5.92 Å². The number of nitrogens with zero attached hydrogens (tertiary/aromatic N) is 2. The maximum atomic E-state index is 11.8. The summed E-state index contributed by atoms with van der Waals surface area (Å²) < 4.78 is 22.0. The molecular formula is C10H10Cl2N2O3S. The minimum Gasteiger partial charge on any atom is -0.309 e. The first kappa shape index (κ1) is 13.6. The maximum absolute atomic E-state index is 11.8. The van der Waals surface area contributed by atoms with Crippen LogP contribution in [0, 0.1) is 5.92 Å². The Morgan fingerprint density at radius 1 is 1.50 bits per heavy atom. The SMILES string of the molecule is O=C1CC(CS(=O)(=O)Cl)CN1c1cnccc1Cl. The summed E-state index contributed by atoms with van der Waals surface area (Å²) in [6, 6.07) is 1.58. The van der Waals surface area contributed by atoms with Gasteiger partial charge in [-0.15, -0.1) is 0 Å². The van der Waals surface area contributed by atoms with E-state index in [9.17, 15) is 13.2 Å². The van der Waals surface area contributed by atoms with Crippen molar-refractivity contribution in [1.82, 2.24) is 4.98 Å². The normalized spacial score (nSPS) is 20.4. The summed E-state index contributed by atoms with van der Waals surface area (Å²) in [5, 5.41) is 0.410. The summed E-state index contributed by atoms with van der Waals surface area (Å²) in [5.41, 5.74) is 0.499. The van der Waals surface area contributed by atoms with Crippen molar-refractivity contribution >= 4 is 42.9 Å². The smallest absolute Gasteiger partial charge is 0.232 e. The van der Waals surface area contributed by atoms with Crippen LogP contribution in [0.3, 0.4) is 0 Å². The van der Waals surface area contributed by atoms with E-state index in [4.69, 9.17) is 22.3 Å². The third-order valence-electron chi connectivity index (χ3n) is 2.68. The Labute approximate surface area is 114 Å². The number of amides is 1. The molecule has 8 heteroatoms. The molecule has 1 unspecified atom stereocenters. The molecule has 0 bridgehead atoms. The van der Waals surface area contributed by atoms with Gasteiger partial charge in [0, 0.05) is 35.8 Å². The molecule has 0 saturated carbocycles. The lowest BCUT2D eigenvalue weighted by molar-refractivity contribution is -0.117. The van der Waals surface area contributed by atoms with Gasteiger partial charge >= 0.3 is 0 Å². The molecule has 18 heavy (non-hydrogen) atoms. The van der Waals surface area contributed by atoms with Gasteiger partial charge in [0.25, 0.3) is 0 Å². The zero-order chi connectivity index (χ0) is 13.3. The van der Waals surface area contributed by atoms with Crippen molar-refractivity contribution < 1.29 is 13.2 Å². The highest BCUT2D eigenvalue weighted by molar-refractivity contribution is 8.13. The molecule has 1 fully saturated rings. The first-order valence-corrected chi connectivity index (χ1v) is 8.04. The van der Waals surface area contributed by atoms with E-state index in [1.807, 2.05) is 0 Å². The zero-order valence-electron chi connectivity index (χ0n) is 9.21. The number of rotatable bonds is 3. The average molecular weight is 309 g/mol. The largest absolute Gasteiger partial charge is 0.309 e. The molecule has 0 N–H and O–H groups in total. The molecule has 2 rings (SSSR count). The maximum Gasteiger partial charge on any atom is 0.232 e. The van der Waals surface area contributed by atoms with Gasteiger partial charge in [-0.2, -0.15) is 0 Å². The standard InChI is InChI=1S/C10H10Cl2N2O3S/c11-8-1-2-13-4-9(8)14-5-7(3-10(14)15)6-18(12,16)17/h1-2,4,7H,3,5-6H2. The van der Waals surface area contributed by atoms with Crippen molar-refractivity contribution in [3.63, 3.8) is 0 Å². The fourth-order valence-electron chi connectivity index (χ4n) is 1.98. The van der Waals surface area contributed by atoms with Crippen molar-refractivity contribution in [1.29, 1.82) is 0 Å². The van der Waals surface area contributed by atoms with E-state index in [-0.39, 0.29) is 30.5 Å². The fourth-order valence-corrected chi connectivity index (χ4v) is 3.50. The van der Waals surface area contributed by atoms with Crippen LogP contribution in [0.1, 0.15) is 6.42 Å². The molecule has 1 saturated heterocycles. The molecule has 2 heterocycles. The zero-order valence-corrected chi connectivity index (χ0v) is 11.5. The van der Waals surface area contributed by atoms with Crippen molar-refractivity contribution in [3.8, 4) is 0 Å². The Balaban J connectivity index is 2.18. The third-order valence-corrected chi connectivity index (χ3v) is 4.25. The predicted molar refractivity (Wildman–Crippen MR) is 69.3 cm³/mol. The van der Waals surface area contributed by atoms with Crippen LogP contribution in [-0.2, 0) is 13.8 Å². The first-order valence-electron chi connectivity index (χ1n) is 5.19. The molecule has 0 aromatic carbocycles. The quantitative estimate of drug-likeness (QED) is 0.796. The molecule has 1 aromatic rings. The Morgan fingerprint density at radius 2 is 2.22 bits per heavy atom. The van der Waals surface area contributed by atoms with Crippen LogP contribution in [0.25, 0.3) is 0 Å². The Bertz CT molecular complexity index is 576. The molecule has 0 radical (unpaired) electrons. The highest BCUT2D eigenvalue weighted by Gasteiger charge is 2.34. The van der Waals surface area contributed by atoms with Crippen molar-refractivity contribution in [3.05, 3.63) is 23.5 Å². The molecule has 0 aliphatic carbocycles. The van der Waals surface area contributed by atoms with Crippen molar-refractivity contribution in [2.75, 3.05) is 17.2 Å². The third kappa shape index (κ3) is 3.13. The summed E-state index contributed by atoms with van der Waals surface area (Å²) in [6.45, 7) is 0.288. The summed E-state index contributed by atoms with van der Waals surface area (Å²) >= 11 is 5.97. The minimum atomic E-state index is -3.60. The molecule has 5 nitrogen and oxygen atoms in total. The van der Waals surface area contributed by atoms with Crippen LogP contribution in [0.5, 0.6) is 0 Å². The van der Waals surface area contributed by atoms with Gasteiger partial charge in [-0.1, -0.05) is 11.6 Å². The molecular weight excluding hydrogens is 299 g/mol. The molecule has 0 spiro atoms. The van der Waals surface area contributed by atoms with E-state index < -0.39 is 9.05 Å². The summed E-state index contributed by atoms with van der Waals surface area (Å²) in [7, 11) is 1.59. The monoisotopic (exact) mass is 308 g/mol. The molecule has 1 aliphatic heterocycles.